The molecule has 0 bridgehead atoms. The zero-order chi connectivity index (χ0) is 16.2. The summed E-state index contributed by atoms with van der Waals surface area (Å²) in [6, 6.07) is 14.6. The van der Waals surface area contributed by atoms with Crippen LogP contribution >= 0.6 is 0 Å². The summed E-state index contributed by atoms with van der Waals surface area (Å²) in [5.41, 5.74) is 6.09. The number of aromatic nitrogens is 2. The second kappa shape index (κ2) is 6.61. The van der Waals surface area contributed by atoms with Crippen LogP contribution in [0.1, 0.15) is 39.6 Å². The van der Waals surface area contributed by atoms with Gasteiger partial charge in [-0.25, -0.2) is 0 Å². The lowest BCUT2D eigenvalue weighted by Crippen LogP contribution is -1.88. The van der Waals surface area contributed by atoms with Crippen LogP contribution in [0.2, 0.25) is 0 Å². The monoisotopic (exact) mass is 304 g/mol. The highest BCUT2D eigenvalue weighted by Crippen LogP contribution is 2.17. The van der Waals surface area contributed by atoms with E-state index >= 15 is 0 Å². The maximum absolute atomic E-state index is 5.71. The van der Waals surface area contributed by atoms with Crippen LogP contribution in [0.3, 0.4) is 0 Å². The first kappa shape index (κ1) is 15.2. The molecular weight excluding hydrogens is 284 g/mol. The van der Waals surface area contributed by atoms with Crippen molar-refractivity contribution in [1.29, 1.82) is 0 Å². The number of benzene rings is 2. The molecule has 1 heterocycles. The van der Waals surface area contributed by atoms with Gasteiger partial charge in [-0.2, -0.15) is 0 Å². The molecule has 0 saturated heterocycles. The average Bonchev–Trinajstić information content (AvgIpc) is 2.97. The number of hydrogen-bond donors (Lipinski definition) is 0. The Hall–Kier alpha value is -2.68. The first-order valence-electron chi connectivity index (χ1n) is 7.74. The SMILES string of the molecule is Cc1ccc(Cc2nnc(/C=C/c3c(C)cccc3C)o2)cc1. The molecule has 116 valence electrons. The van der Waals surface area contributed by atoms with Crippen LogP contribution in [0.15, 0.2) is 46.9 Å². The van der Waals surface area contributed by atoms with Gasteiger partial charge in [0.25, 0.3) is 0 Å². The smallest absolute Gasteiger partial charge is 0.240 e. The van der Waals surface area contributed by atoms with Gasteiger partial charge in [0.15, 0.2) is 0 Å². The molecule has 0 unspecified atom stereocenters. The fourth-order valence-corrected chi connectivity index (χ4v) is 2.53. The molecule has 0 atom stereocenters. The highest BCUT2D eigenvalue weighted by molar-refractivity contribution is 5.69. The quantitative estimate of drug-likeness (QED) is 0.698. The standard InChI is InChI=1S/C20H20N2O/c1-14-7-9-17(10-8-14)13-20-22-21-19(23-20)12-11-18-15(2)5-4-6-16(18)3/h4-12H,13H2,1-3H3/b12-11+. The van der Waals surface area contributed by atoms with E-state index in [-0.39, 0.29) is 0 Å². The number of aryl methyl sites for hydroxylation is 3. The summed E-state index contributed by atoms with van der Waals surface area (Å²) in [6.07, 6.45) is 4.57. The van der Waals surface area contributed by atoms with Gasteiger partial charge < -0.3 is 4.42 Å². The molecule has 0 spiro atoms. The number of rotatable bonds is 4. The summed E-state index contributed by atoms with van der Waals surface area (Å²) in [4.78, 5) is 0. The molecule has 0 radical (unpaired) electrons. The molecule has 23 heavy (non-hydrogen) atoms. The minimum absolute atomic E-state index is 0.537. The maximum Gasteiger partial charge on any atom is 0.240 e. The van der Waals surface area contributed by atoms with E-state index in [9.17, 15) is 0 Å². The highest BCUT2D eigenvalue weighted by atomic mass is 16.4. The van der Waals surface area contributed by atoms with Crippen molar-refractivity contribution in [2.75, 3.05) is 0 Å². The molecule has 1 aromatic heterocycles. The van der Waals surface area contributed by atoms with Crippen molar-refractivity contribution in [2.24, 2.45) is 0 Å². The number of hydrogen-bond acceptors (Lipinski definition) is 3. The topological polar surface area (TPSA) is 38.9 Å². The summed E-state index contributed by atoms with van der Waals surface area (Å²) in [6.45, 7) is 6.28. The largest absolute Gasteiger partial charge is 0.421 e. The van der Waals surface area contributed by atoms with Crippen LogP contribution in [0.25, 0.3) is 12.2 Å². The van der Waals surface area contributed by atoms with Crippen LogP contribution in [-0.4, -0.2) is 10.2 Å². The fourth-order valence-electron chi connectivity index (χ4n) is 2.53. The molecule has 3 rings (SSSR count). The van der Waals surface area contributed by atoms with Crippen LogP contribution in [0.5, 0.6) is 0 Å². The molecule has 0 aliphatic rings. The van der Waals surface area contributed by atoms with Crippen LogP contribution < -0.4 is 0 Å². The molecule has 2 aromatic carbocycles. The minimum atomic E-state index is 0.537. The van der Waals surface area contributed by atoms with Gasteiger partial charge in [-0.05, 0) is 49.1 Å². The van der Waals surface area contributed by atoms with Crippen molar-refractivity contribution < 1.29 is 4.42 Å². The van der Waals surface area contributed by atoms with E-state index < -0.39 is 0 Å². The summed E-state index contributed by atoms with van der Waals surface area (Å²) >= 11 is 0. The van der Waals surface area contributed by atoms with Crippen LogP contribution in [0.4, 0.5) is 0 Å². The fraction of sp³-hybridized carbons (Fsp3) is 0.200. The Morgan fingerprint density at radius 3 is 2.26 bits per heavy atom. The molecule has 3 nitrogen and oxygen atoms in total. The Morgan fingerprint density at radius 1 is 0.870 bits per heavy atom. The normalized spacial score (nSPS) is 11.3. The van der Waals surface area contributed by atoms with Crippen molar-refractivity contribution >= 4 is 12.2 Å². The molecule has 0 amide bonds. The minimum Gasteiger partial charge on any atom is -0.421 e. The van der Waals surface area contributed by atoms with Crippen molar-refractivity contribution in [1.82, 2.24) is 10.2 Å². The molecule has 0 fully saturated rings. The van der Waals surface area contributed by atoms with Gasteiger partial charge in [0, 0.05) is 6.08 Å². The lowest BCUT2D eigenvalue weighted by atomic mass is 10.0. The molecule has 0 aliphatic heterocycles. The number of nitrogens with zero attached hydrogens (tertiary/aromatic N) is 2. The Bertz CT molecular complexity index is 809. The van der Waals surface area contributed by atoms with Crippen LogP contribution in [0, 0.1) is 20.8 Å². The van der Waals surface area contributed by atoms with Crippen molar-refractivity contribution in [3.05, 3.63) is 82.1 Å². The zero-order valence-corrected chi connectivity index (χ0v) is 13.7. The maximum atomic E-state index is 5.71. The Morgan fingerprint density at radius 2 is 1.57 bits per heavy atom. The predicted octanol–water partition coefficient (Wildman–Crippen LogP) is 4.76. The van der Waals surface area contributed by atoms with Crippen molar-refractivity contribution in [2.45, 2.75) is 27.2 Å². The third-order valence-electron chi connectivity index (χ3n) is 3.89. The lowest BCUT2D eigenvalue weighted by molar-refractivity contribution is 0.496. The molecule has 3 aromatic rings. The average molecular weight is 304 g/mol. The summed E-state index contributed by atoms with van der Waals surface area (Å²) in [7, 11) is 0. The van der Waals surface area contributed by atoms with E-state index in [0.717, 1.165) is 0 Å². The van der Waals surface area contributed by atoms with Gasteiger partial charge in [-0.3, -0.25) is 0 Å². The van der Waals surface area contributed by atoms with E-state index in [4.69, 9.17) is 4.42 Å². The Labute approximate surface area is 136 Å². The third-order valence-corrected chi connectivity index (χ3v) is 3.89. The lowest BCUT2D eigenvalue weighted by Gasteiger charge is -2.03. The molecule has 3 heteroatoms. The molecule has 0 saturated carbocycles. The van der Waals surface area contributed by atoms with Gasteiger partial charge in [0.2, 0.25) is 11.8 Å². The molecular formula is C20H20N2O. The van der Waals surface area contributed by atoms with Gasteiger partial charge in [-0.1, -0.05) is 48.0 Å². The van der Waals surface area contributed by atoms with E-state index in [1.54, 1.807) is 0 Å². The summed E-state index contributed by atoms with van der Waals surface area (Å²) in [5, 5.41) is 8.22. The molecule has 0 aliphatic carbocycles. The van der Waals surface area contributed by atoms with Crippen LogP contribution in [-0.2, 0) is 6.42 Å². The van der Waals surface area contributed by atoms with Gasteiger partial charge in [-0.15, -0.1) is 10.2 Å². The molecule has 0 N–H and O–H groups in total. The summed E-state index contributed by atoms with van der Waals surface area (Å²) < 4.78 is 5.71. The van der Waals surface area contributed by atoms with Crippen molar-refractivity contribution in [3.63, 3.8) is 0 Å². The first-order valence-corrected chi connectivity index (χ1v) is 7.74. The van der Waals surface area contributed by atoms with Gasteiger partial charge >= 0.3 is 0 Å². The van der Waals surface area contributed by atoms with Gasteiger partial charge in [0.05, 0.1) is 6.42 Å². The second-order valence-corrected chi connectivity index (χ2v) is 5.84. The van der Waals surface area contributed by atoms with E-state index in [2.05, 4.69) is 73.4 Å². The highest BCUT2D eigenvalue weighted by Gasteiger charge is 2.05. The second-order valence-electron chi connectivity index (χ2n) is 5.84. The van der Waals surface area contributed by atoms with E-state index in [1.165, 1.54) is 27.8 Å². The van der Waals surface area contributed by atoms with Crippen molar-refractivity contribution in [3.8, 4) is 0 Å². The predicted molar refractivity (Wildman–Crippen MR) is 93.1 cm³/mol. The zero-order valence-electron chi connectivity index (χ0n) is 13.7. The Kier molecular flexibility index (Phi) is 4.38. The summed E-state index contributed by atoms with van der Waals surface area (Å²) in [5.74, 6) is 1.17. The van der Waals surface area contributed by atoms with Gasteiger partial charge in [0.1, 0.15) is 0 Å². The Balaban J connectivity index is 1.74. The third kappa shape index (κ3) is 3.75. The van der Waals surface area contributed by atoms with E-state index in [1.807, 2.05) is 12.2 Å². The van der Waals surface area contributed by atoms with E-state index in [0.29, 0.717) is 18.2 Å². The first-order chi connectivity index (χ1) is 11.1.